The van der Waals surface area contributed by atoms with E-state index < -0.39 is 0 Å². The van der Waals surface area contributed by atoms with Crippen LogP contribution < -0.4 is 20.1 Å². The number of ether oxygens (including phenoxy) is 2. The van der Waals surface area contributed by atoms with Crippen LogP contribution in [0.4, 0.5) is 5.69 Å². The lowest BCUT2D eigenvalue weighted by Crippen LogP contribution is -2.60. The van der Waals surface area contributed by atoms with Crippen LogP contribution in [0.5, 0.6) is 11.5 Å². The summed E-state index contributed by atoms with van der Waals surface area (Å²) in [6, 6.07) is 5.78. The van der Waals surface area contributed by atoms with E-state index in [2.05, 4.69) is 36.3 Å². The monoisotopic (exact) mass is 363 g/mol. The first-order valence-corrected chi connectivity index (χ1v) is 9.03. The van der Waals surface area contributed by atoms with Gasteiger partial charge in [-0.2, -0.15) is 0 Å². The first kappa shape index (κ1) is 17.8. The highest BCUT2D eigenvalue weighted by molar-refractivity contribution is 7.80. The Morgan fingerprint density at radius 1 is 1.40 bits per heavy atom. The number of thiocarbonyl (C=S) groups is 1. The summed E-state index contributed by atoms with van der Waals surface area (Å²) < 4.78 is 10.6. The fourth-order valence-electron chi connectivity index (χ4n) is 3.39. The Bertz CT molecular complexity index is 678. The van der Waals surface area contributed by atoms with Crippen LogP contribution in [-0.2, 0) is 4.79 Å². The number of nitrogens with one attached hydrogen (secondary N) is 2. The van der Waals surface area contributed by atoms with Crippen LogP contribution in [-0.4, -0.2) is 40.8 Å². The fraction of sp³-hybridized carbons (Fsp3) is 0.556. The minimum Gasteiger partial charge on any atom is -0.454 e. The molecule has 0 radical (unpaired) electrons. The fourth-order valence-corrected chi connectivity index (χ4v) is 3.94. The maximum absolute atomic E-state index is 12.2. The SMILES string of the molecule is C[C@H]1CC(C)(C)NC(=S)N1CCCC(=O)Nc1ccc2c(c1)OCO2. The number of carbonyl (C=O) groups excluding carboxylic acids is 1. The lowest BCUT2D eigenvalue weighted by Gasteiger charge is -2.44. The zero-order chi connectivity index (χ0) is 18.0. The summed E-state index contributed by atoms with van der Waals surface area (Å²) in [5.74, 6) is 1.36. The predicted molar refractivity (Wildman–Crippen MR) is 101 cm³/mol. The van der Waals surface area contributed by atoms with Crippen LogP contribution in [0, 0.1) is 0 Å². The molecule has 0 aliphatic carbocycles. The van der Waals surface area contributed by atoms with Crippen molar-refractivity contribution in [1.29, 1.82) is 0 Å². The summed E-state index contributed by atoms with van der Waals surface area (Å²) in [7, 11) is 0. The number of hydrogen-bond donors (Lipinski definition) is 2. The van der Waals surface area contributed by atoms with E-state index in [0.717, 1.165) is 30.2 Å². The van der Waals surface area contributed by atoms with Gasteiger partial charge in [0, 0.05) is 36.3 Å². The second-order valence-electron chi connectivity index (χ2n) is 7.28. The van der Waals surface area contributed by atoms with Crippen molar-refractivity contribution in [3.05, 3.63) is 18.2 Å². The minimum absolute atomic E-state index is 0.0114. The number of anilines is 1. The molecule has 2 aliphatic rings. The summed E-state index contributed by atoms with van der Waals surface area (Å²) >= 11 is 5.47. The van der Waals surface area contributed by atoms with Gasteiger partial charge in [-0.25, -0.2) is 0 Å². The standard InChI is InChI=1S/C18H25N3O3S/c1-12-10-18(2,3)20-17(25)21(12)8-4-5-16(22)19-13-6-7-14-15(9-13)24-11-23-14/h6-7,9,12H,4-5,8,10-11H2,1-3H3,(H,19,22)(H,20,25)/t12-/m0/s1. The van der Waals surface area contributed by atoms with E-state index in [1.165, 1.54) is 0 Å². The van der Waals surface area contributed by atoms with Crippen LogP contribution in [0.15, 0.2) is 18.2 Å². The molecule has 136 valence electrons. The Morgan fingerprint density at radius 3 is 2.92 bits per heavy atom. The van der Waals surface area contributed by atoms with Gasteiger partial charge in [0.1, 0.15) is 0 Å². The van der Waals surface area contributed by atoms with Crippen LogP contribution in [0.3, 0.4) is 0 Å². The van der Waals surface area contributed by atoms with Gasteiger partial charge < -0.3 is 25.0 Å². The molecule has 1 amide bonds. The molecule has 2 N–H and O–H groups in total. The number of amides is 1. The van der Waals surface area contributed by atoms with Gasteiger partial charge in [-0.1, -0.05) is 0 Å². The van der Waals surface area contributed by atoms with E-state index in [4.69, 9.17) is 21.7 Å². The van der Waals surface area contributed by atoms with E-state index in [1.54, 1.807) is 12.1 Å². The van der Waals surface area contributed by atoms with Gasteiger partial charge in [-0.15, -0.1) is 0 Å². The smallest absolute Gasteiger partial charge is 0.231 e. The molecule has 7 heteroatoms. The number of carbonyl (C=O) groups is 1. The summed E-state index contributed by atoms with van der Waals surface area (Å²) in [5, 5.41) is 7.05. The molecule has 1 aromatic rings. The van der Waals surface area contributed by atoms with Crippen molar-refractivity contribution < 1.29 is 14.3 Å². The zero-order valence-corrected chi connectivity index (χ0v) is 15.7. The molecule has 25 heavy (non-hydrogen) atoms. The van der Waals surface area contributed by atoms with Crippen molar-refractivity contribution in [3.8, 4) is 11.5 Å². The van der Waals surface area contributed by atoms with Crippen molar-refractivity contribution in [3.63, 3.8) is 0 Å². The Labute approximate surface area is 153 Å². The van der Waals surface area contributed by atoms with Crippen molar-refractivity contribution in [2.45, 2.75) is 51.6 Å². The summed E-state index contributed by atoms with van der Waals surface area (Å²) in [6.45, 7) is 7.50. The first-order valence-electron chi connectivity index (χ1n) is 8.62. The van der Waals surface area contributed by atoms with Crippen molar-refractivity contribution in [1.82, 2.24) is 10.2 Å². The van der Waals surface area contributed by atoms with Crippen LogP contribution in [0.1, 0.15) is 40.0 Å². The molecular formula is C18H25N3O3S. The minimum atomic E-state index is -0.0114. The molecule has 1 aromatic carbocycles. The molecule has 0 spiro atoms. The second kappa shape index (κ2) is 7.07. The van der Waals surface area contributed by atoms with E-state index in [1.807, 2.05) is 6.07 Å². The predicted octanol–water partition coefficient (Wildman–Crippen LogP) is 2.88. The van der Waals surface area contributed by atoms with Gasteiger partial charge in [0.25, 0.3) is 0 Å². The number of fused-ring (bicyclic) bond motifs is 1. The highest BCUT2D eigenvalue weighted by Crippen LogP contribution is 2.34. The normalized spacial score (nSPS) is 21.0. The molecule has 0 unspecified atom stereocenters. The lowest BCUT2D eigenvalue weighted by atomic mass is 9.93. The third kappa shape index (κ3) is 4.34. The quantitative estimate of drug-likeness (QED) is 0.785. The van der Waals surface area contributed by atoms with Crippen LogP contribution in [0.25, 0.3) is 0 Å². The van der Waals surface area contributed by atoms with E-state index >= 15 is 0 Å². The molecular weight excluding hydrogens is 338 g/mol. The average Bonchev–Trinajstić information content (AvgIpc) is 2.96. The van der Waals surface area contributed by atoms with E-state index in [-0.39, 0.29) is 18.2 Å². The van der Waals surface area contributed by atoms with Gasteiger partial charge in [0.2, 0.25) is 12.7 Å². The zero-order valence-electron chi connectivity index (χ0n) is 14.9. The number of hydrogen-bond acceptors (Lipinski definition) is 4. The highest BCUT2D eigenvalue weighted by atomic mass is 32.1. The summed E-state index contributed by atoms with van der Waals surface area (Å²) in [6.07, 6.45) is 2.23. The Morgan fingerprint density at radius 2 is 2.16 bits per heavy atom. The first-order chi connectivity index (χ1) is 11.8. The van der Waals surface area contributed by atoms with Gasteiger partial charge in [-0.05, 0) is 58.0 Å². The number of benzene rings is 1. The van der Waals surface area contributed by atoms with Crippen molar-refractivity contribution >= 4 is 28.9 Å². The Kier molecular flexibility index (Phi) is 5.03. The van der Waals surface area contributed by atoms with E-state index in [0.29, 0.717) is 24.0 Å². The molecule has 3 rings (SSSR count). The average molecular weight is 363 g/mol. The Balaban J connectivity index is 1.46. The molecule has 6 nitrogen and oxygen atoms in total. The number of nitrogens with zero attached hydrogens (tertiary/aromatic N) is 1. The molecule has 1 atom stereocenters. The van der Waals surface area contributed by atoms with E-state index in [9.17, 15) is 4.79 Å². The van der Waals surface area contributed by atoms with Gasteiger partial charge >= 0.3 is 0 Å². The van der Waals surface area contributed by atoms with Crippen LogP contribution >= 0.6 is 12.2 Å². The largest absolute Gasteiger partial charge is 0.454 e. The maximum atomic E-state index is 12.2. The number of rotatable bonds is 5. The third-order valence-electron chi connectivity index (χ3n) is 4.50. The molecule has 2 aliphatic heterocycles. The highest BCUT2D eigenvalue weighted by Gasteiger charge is 2.32. The molecule has 0 bridgehead atoms. The third-order valence-corrected chi connectivity index (χ3v) is 4.84. The van der Waals surface area contributed by atoms with Crippen LogP contribution in [0.2, 0.25) is 0 Å². The van der Waals surface area contributed by atoms with Gasteiger partial charge in [0.05, 0.1) is 0 Å². The lowest BCUT2D eigenvalue weighted by molar-refractivity contribution is -0.116. The molecule has 1 fully saturated rings. The molecule has 1 saturated heterocycles. The maximum Gasteiger partial charge on any atom is 0.231 e. The van der Waals surface area contributed by atoms with Crippen molar-refractivity contribution in [2.24, 2.45) is 0 Å². The van der Waals surface area contributed by atoms with Crippen molar-refractivity contribution in [2.75, 3.05) is 18.7 Å². The molecule has 0 aromatic heterocycles. The Hall–Kier alpha value is -2.02. The van der Waals surface area contributed by atoms with Gasteiger partial charge in [0.15, 0.2) is 16.6 Å². The molecule has 0 saturated carbocycles. The molecule has 2 heterocycles. The summed E-state index contributed by atoms with van der Waals surface area (Å²) in [4.78, 5) is 14.3. The second-order valence-corrected chi connectivity index (χ2v) is 7.67. The van der Waals surface area contributed by atoms with Gasteiger partial charge in [-0.3, -0.25) is 4.79 Å². The summed E-state index contributed by atoms with van der Waals surface area (Å²) in [5.41, 5.74) is 0.753. The topological polar surface area (TPSA) is 62.8 Å².